The Morgan fingerprint density at radius 3 is 2.48 bits per heavy atom. The number of benzene rings is 3. The van der Waals surface area contributed by atoms with Crippen molar-refractivity contribution in [1.29, 1.82) is 0 Å². The zero-order valence-electron chi connectivity index (χ0n) is 13.1. The molecule has 0 spiro atoms. The molecule has 3 aromatic heterocycles. The van der Waals surface area contributed by atoms with E-state index in [9.17, 15) is 0 Å². The number of hydrogen-bond donors (Lipinski definition) is 0. The zero-order valence-corrected chi connectivity index (χ0v) is 14.0. The summed E-state index contributed by atoms with van der Waals surface area (Å²) in [5.74, 6) is 0. The van der Waals surface area contributed by atoms with Crippen molar-refractivity contribution in [3.05, 3.63) is 72.8 Å². The molecular weight excluding hydrogens is 328 g/mol. The summed E-state index contributed by atoms with van der Waals surface area (Å²) in [6.07, 6.45) is 0. The van der Waals surface area contributed by atoms with Crippen LogP contribution in [0.2, 0.25) is 0 Å². The third kappa shape index (κ3) is 1.72. The van der Waals surface area contributed by atoms with Crippen molar-refractivity contribution in [2.45, 2.75) is 0 Å². The Balaban J connectivity index is 1.83. The van der Waals surface area contributed by atoms with E-state index in [1.807, 2.05) is 18.2 Å². The van der Waals surface area contributed by atoms with Crippen LogP contribution in [0.5, 0.6) is 0 Å². The van der Waals surface area contributed by atoms with E-state index in [1.54, 1.807) is 11.3 Å². The molecule has 0 fully saturated rings. The molecule has 118 valence electrons. The molecule has 3 nitrogen and oxygen atoms in total. The lowest BCUT2D eigenvalue weighted by molar-refractivity contribution is 0.645. The number of aromatic nitrogens is 2. The molecule has 0 saturated heterocycles. The monoisotopic (exact) mass is 340 g/mol. The van der Waals surface area contributed by atoms with Gasteiger partial charge in [0.2, 0.25) is 5.71 Å². The first-order valence-electron chi connectivity index (χ1n) is 8.17. The summed E-state index contributed by atoms with van der Waals surface area (Å²) in [5, 5.41) is 4.44. The third-order valence-corrected chi connectivity index (χ3v) is 5.69. The van der Waals surface area contributed by atoms with Gasteiger partial charge in [-0.15, -0.1) is 0 Å². The number of fused-ring (bicyclic) bond motifs is 6. The van der Waals surface area contributed by atoms with Crippen LogP contribution in [0, 0.1) is 0 Å². The Bertz CT molecular complexity index is 1370. The van der Waals surface area contributed by atoms with Crippen molar-refractivity contribution < 1.29 is 4.42 Å². The number of rotatable bonds is 1. The smallest absolute Gasteiger partial charge is 0.215 e. The molecule has 3 aromatic carbocycles. The van der Waals surface area contributed by atoms with Crippen LogP contribution in [-0.2, 0) is 0 Å². The molecule has 0 radical (unpaired) electrons. The van der Waals surface area contributed by atoms with Crippen molar-refractivity contribution in [3.8, 4) is 5.13 Å². The van der Waals surface area contributed by atoms with Crippen molar-refractivity contribution in [1.82, 2.24) is 9.55 Å². The second kappa shape index (κ2) is 4.71. The van der Waals surface area contributed by atoms with Gasteiger partial charge >= 0.3 is 0 Å². The van der Waals surface area contributed by atoms with Gasteiger partial charge in [-0.05, 0) is 24.3 Å². The Kier molecular flexibility index (Phi) is 2.49. The summed E-state index contributed by atoms with van der Waals surface area (Å²) in [7, 11) is 0. The Hall–Kier alpha value is -3.11. The predicted octanol–water partition coefficient (Wildman–Crippen LogP) is 6.14. The Labute approximate surface area is 146 Å². The molecule has 0 unspecified atom stereocenters. The average Bonchev–Trinajstić information content (AvgIpc) is 3.31. The van der Waals surface area contributed by atoms with Gasteiger partial charge in [0.05, 0.1) is 21.1 Å². The molecule has 25 heavy (non-hydrogen) atoms. The van der Waals surface area contributed by atoms with E-state index in [2.05, 4.69) is 59.2 Å². The number of thiazole rings is 1. The summed E-state index contributed by atoms with van der Waals surface area (Å²) >= 11 is 1.69. The molecular formula is C21H12N2OS. The minimum absolute atomic E-state index is 0.862. The van der Waals surface area contributed by atoms with Gasteiger partial charge in [0.15, 0.2) is 5.13 Å². The van der Waals surface area contributed by atoms with Gasteiger partial charge < -0.3 is 4.42 Å². The van der Waals surface area contributed by atoms with E-state index >= 15 is 0 Å². The average molecular weight is 340 g/mol. The Morgan fingerprint density at radius 1 is 0.800 bits per heavy atom. The second-order valence-electron chi connectivity index (χ2n) is 6.10. The fourth-order valence-corrected chi connectivity index (χ4v) is 4.56. The highest BCUT2D eigenvalue weighted by molar-refractivity contribution is 7.20. The quantitative estimate of drug-likeness (QED) is 0.360. The highest BCUT2D eigenvalue weighted by atomic mass is 32.1. The highest BCUT2D eigenvalue weighted by Crippen LogP contribution is 2.40. The van der Waals surface area contributed by atoms with Crippen LogP contribution < -0.4 is 0 Å². The van der Waals surface area contributed by atoms with Crippen molar-refractivity contribution in [2.24, 2.45) is 0 Å². The molecule has 0 N–H and O–H groups in total. The number of para-hydroxylation sites is 3. The van der Waals surface area contributed by atoms with Gasteiger partial charge in [-0.3, -0.25) is 4.57 Å². The molecule has 0 atom stereocenters. The van der Waals surface area contributed by atoms with Crippen LogP contribution in [0.25, 0.3) is 48.3 Å². The van der Waals surface area contributed by atoms with Crippen molar-refractivity contribution in [2.75, 3.05) is 0 Å². The number of furan rings is 1. The van der Waals surface area contributed by atoms with Gasteiger partial charge in [0.25, 0.3) is 0 Å². The second-order valence-corrected chi connectivity index (χ2v) is 7.10. The minimum atomic E-state index is 0.862. The first kappa shape index (κ1) is 13.2. The Morgan fingerprint density at radius 2 is 1.56 bits per heavy atom. The third-order valence-electron chi connectivity index (χ3n) is 4.67. The summed E-state index contributed by atoms with van der Waals surface area (Å²) in [6, 6.07) is 24.9. The van der Waals surface area contributed by atoms with Crippen LogP contribution in [0.3, 0.4) is 0 Å². The maximum absolute atomic E-state index is 6.25. The van der Waals surface area contributed by atoms with Gasteiger partial charge in [-0.2, -0.15) is 0 Å². The summed E-state index contributed by atoms with van der Waals surface area (Å²) < 4.78 is 9.58. The molecule has 4 heteroatoms. The van der Waals surface area contributed by atoms with Crippen LogP contribution in [-0.4, -0.2) is 9.55 Å². The topological polar surface area (TPSA) is 31.0 Å². The SMILES string of the molecule is c1ccc2sc(-n3c4ccccc4c4c5ccccc5oc43)nc2c1. The molecule has 6 rings (SSSR count). The van der Waals surface area contributed by atoms with E-state index in [0.717, 1.165) is 38.2 Å². The van der Waals surface area contributed by atoms with E-state index in [1.165, 1.54) is 10.1 Å². The van der Waals surface area contributed by atoms with E-state index in [-0.39, 0.29) is 0 Å². The van der Waals surface area contributed by atoms with Gasteiger partial charge in [0.1, 0.15) is 5.58 Å². The number of nitrogens with zero attached hydrogens (tertiary/aromatic N) is 2. The molecule has 3 heterocycles. The molecule has 0 aliphatic rings. The largest absolute Gasteiger partial charge is 0.439 e. The van der Waals surface area contributed by atoms with Crippen LogP contribution in [0.15, 0.2) is 77.2 Å². The van der Waals surface area contributed by atoms with Crippen LogP contribution in [0.1, 0.15) is 0 Å². The molecule has 0 aliphatic heterocycles. The normalized spacial score (nSPS) is 12.0. The maximum Gasteiger partial charge on any atom is 0.215 e. The molecule has 6 aromatic rings. The van der Waals surface area contributed by atoms with Crippen LogP contribution in [0.4, 0.5) is 0 Å². The molecule has 0 aliphatic carbocycles. The summed E-state index contributed by atoms with van der Waals surface area (Å²) in [6.45, 7) is 0. The first-order chi connectivity index (χ1) is 12.4. The van der Waals surface area contributed by atoms with E-state index in [0.29, 0.717) is 0 Å². The molecule has 0 amide bonds. The van der Waals surface area contributed by atoms with E-state index in [4.69, 9.17) is 9.40 Å². The standard InChI is InChI=1S/C21H12N2OS/c1-4-10-16-13(7-1)19-14-8-2-5-11-17(14)24-20(19)23(16)21-22-15-9-3-6-12-18(15)25-21/h1-12H. The minimum Gasteiger partial charge on any atom is -0.439 e. The summed E-state index contributed by atoms with van der Waals surface area (Å²) in [4.78, 5) is 4.85. The van der Waals surface area contributed by atoms with Crippen molar-refractivity contribution >= 4 is 54.5 Å². The lowest BCUT2D eigenvalue weighted by atomic mass is 10.1. The van der Waals surface area contributed by atoms with Gasteiger partial charge in [-0.25, -0.2) is 4.98 Å². The van der Waals surface area contributed by atoms with E-state index < -0.39 is 0 Å². The fraction of sp³-hybridized carbons (Fsp3) is 0. The predicted molar refractivity (Wildman–Crippen MR) is 104 cm³/mol. The first-order valence-corrected chi connectivity index (χ1v) is 8.98. The highest BCUT2D eigenvalue weighted by Gasteiger charge is 2.20. The van der Waals surface area contributed by atoms with Crippen molar-refractivity contribution in [3.63, 3.8) is 0 Å². The van der Waals surface area contributed by atoms with Gasteiger partial charge in [0, 0.05) is 10.8 Å². The zero-order chi connectivity index (χ0) is 16.4. The van der Waals surface area contributed by atoms with Crippen LogP contribution >= 0.6 is 11.3 Å². The molecule has 0 saturated carbocycles. The lowest BCUT2D eigenvalue weighted by Gasteiger charge is -2.00. The van der Waals surface area contributed by atoms with Gasteiger partial charge in [-0.1, -0.05) is 59.9 Å². The summed E-state index contributed by atoms with van der Waals surface area (Å²) in [5.41, 5.74) is 3.92. The maximum atomic E-state index is 6.25. The molecule has 0 bridgehead atoms. The lowest BCUT2D eigenvalue weighted by Crippen LogP contribution is -1.91. The number of hydrogen-bond acceptors (Lipinski definition) is 3. The fourth-order valence-electron chi connectivity index (χ4n) is 3.59.